The minimum absolute atomic E-state index is 0.135. The number of carbonyl (C=O) groups excluding carboxylic acids is 1. The highest BCUT2D eigenvalue weighted by Gasteiger charge is 2.30. The van der Waals surface area contributed by atoms with Crippen LogP contribution >= 0.6 is 0 Å². The van der Waals surface area contributed by atoms with Crippen LogP contribution in [-0.2, 0) is 12.7 Å². The number of nitrogens with zero attached hydrogens (tertiary/aromatic N) is 2. The summed E-state index contributed by atoms with van der Waals surface area (Å²) in [4.78, 5) is 20.5. The fourth-order valence-electron chi connectivity index (χ4n) is 2.44. The zero-order valence-electron chi connectivity index (χ0n) is 14.8. The lowest BCUT2D eigenvalue weighted by Gasteiger charge is -2.08. The molecule has 2 aromatic carbocycles. The molecule has 8 heteroatoms. The molecule has 0 unspecified atom stereocenters. The first-order valence-corrected chi connectivity index (χ1v) is 8.27. The second-order valence-electron chi connectivity index (χ2n) is 5.90. The standard InChI is InChI=1S/C20H16F3N3O2/c1-28-17-8-2-13(3-9-17)10-24-19-25-11-15(12-26-19)18(27)14-4-6-16(7-5-14)20(21,22)23/h2-9,11-12H,10H2,1H3,(H,24,25,26). The molecule has 3 rings (SSSR count). The first kappa shape index (κ1) is 19.3. The molecule has 0 spiro atoms. The van der Waals surface area contributed by atoms with Crippen LogP contribution in [0.15, 0.2) is 60.9 Å². The molecule has 0 amide bonds. The molecule has 0 aliphatic rings. The lowest BCUT2D eigenvalue weighted by molar-refractivity contribution is -0.137. The molecule has 144 valence electrons. The maximum Gasteiger partial charge on any atom is 0.416 e. The van der Waals surface area contributed by atoms with Crippen molar-refractivity contribution in [2.75, 3.05) is 12.4 Å². The molecule has 0 saturated carbocycles. The minimum atomic E-state index is -4.44. The molecule has 28 heavy (non-hydrogen) atoms. The molecule has 0 bridgehead atoms. The molecular formula is C20H16F3N3O2. The number of rotatable bonds is 6. The van der Waals surface area contributed by atoms with Gasteiger partial charge in [-0.15, -0.1) is 0 Å². The highest BCUT2D eigenvalue weighted by molar-refractivity contribution is 6.08. The smallest absolute Gasteiger partial charge is 0.416 e. The lowest BCUT2D eigenvalue weighted by Crippen LogP contribution is -2.08. The lowest BCUT2D eigenvalue weighted by atomic mass is 10.0. The van der Waals surface area contributed by atoms with Crippen LogP contribution < -0.4 is 10.1 Å². The van der Waals surface area contributed by atoms with E-state index in [0.29, 0.717) is 12.5 Å². The number of ether oxygens (including phenoxy) is 1. The number of nitrogens with one attached hydrogen (secondary N) is 1. The number of carbonyl (C=O) groups is 1. The number of hydrogen-bond donors (Lipinski definition) is 1. The van der Waals surface area contributed by atoms with Crippen LogP contribution in [0.3, 0.4) is 0 Å². The van der Waals surface area contributed by atoms with Gasteiger partial charge in [0.2, 0.25) is 5.95 Å². The zero-order valence-corrected chi connectivity index (χ0v) is 14.8. The zero-order chi connectivity index (χ0) is 20.1. The summed E-state index contributed by atoms with van der Waals surface area (Å²) in [7, 11) is 1.59. The number of alkyl halides is 3. The van der Waals surface area contributed by atoms with E-state index in [9.17, 15) is 18.0 Å². The Morgan fingerprint density at radius 3 is 2.11 bits per heavy atom. The van der Waals surface area contributed by atoms with Crippen molar-refractivity contribution in [3.05, 3.63) is 83.2 Å². The third-order valence-electron chi connectivity index (χ3n) is 4.00. The van der Waals surface area contributed by atoms with E-state index in [2.05, 4.69) is 15.3 Å². The van der Waals surface area contributed by atoms with Crippen LogP contribution in [0.4, 0.5) is 19.1 Å². The van der Waals surface area contributed by atoms with E-state index in [4.69, 9.17) is 4.74 Å². The van der Waals surface area contributed by atoms with Crippen LogP contribution in [0.2, 0.25) is 0 Å². The van der Waals surface area contributed by atoms with Crippen LogP contribution in [0, 0.1) is 0 Å². The van der Waals surface area contributed by atoms with Gasteiger partial charge in [0.25, 0.3) is 0 Å². The number of methoxy groups -OCH3 is 1. The molecule has 5 nitrogen and oxygen atoms in total. The van der Waals surface area contributed by atoms with Gasteiger partial charge in [-0.1, -0.05) is 24.3 Å². The van der Waals surface area contributed by atoms with Gasteiger partial charge in [0.15, 0.2) is 5.78 Å². The van der Waals surface area contributed by atoms with Gasteiger partial charge in [-0.05, 0) is 29.8 Å². The van der Waals surface area contributed by atoms with Gasteiger partial charge in [0.1, 0.15) is 5.75 Å². The summed E-state index contributed by atoms with van der Waals surface area (Å²) < 4.78 is 42.9. The Kier molecular flexibility index (Phi) is 5.58. The van der Waals surface area contributed by atoms with Crippen molar-refractivity contribution in [3.8, 4) is 5.75 Å². The molecule has 0 saturated heterocycles. The number of aromatic nitrogens is 2. The van der Waals surface area contributed by atoms with Crippen molar-refractivity contribution in [1.29, 1.82) is 0 Å². The Hall–Kier alpha value is -3.42. The first-order chi connectivity index (χ1) is 13.4. The topological polar surface area (TPSA) is 64.1 Å². The van der Waals surface area contributed by atoms with Crippen molar-refractivity contribution in [2.45, 2.75) is 12.7 Å². The molecule has 0 fully saturated rings. The first-order valence-electron chi connectivity index (χ1n) is 8.27. The fraction of sp³-hybridized carbons (Fsp3) is 0.150. The Balaban J connectivity index is 1.63. The number of anilines is 1. The molecular weight excluding hydrogens is 371 g/mol. The number of hydrogen-bond acceptors (Lipinski definition) is 5. The summed E-state index contributed by atoms with van der Waals surface area (Å²) in [5, 5.41) is 3.03. The maximum absolute atomic E-state index is 12.6. The summed E-state index contributed by atoms with van der Waals surface area (Å²) >= 11 is 0. The Labute approximate surface area is 159 Å². The predicted molar refractivity (Wildman–Crippen MR) is 97.2 cm³/mol. The predicted octanol–water partition coefficient (Wildman–Crippen LogP) is 4.35. The number of halogens is 3. The molecule has 1 heterocycles. The average molecular weight is 387 g/mol. The van der Waals surface area contributed by atoms with Crippen molar-refractivity contribution < 1.29 is 22.7 Å². The number of ketones is 1. The van der Waals surface area contributed by atoms with Gasteiger partial charge in [-0.3, -0.25) is 4.79 Å². The molecule has 1 N–H and O–H groups in total. The highest BCUT2D eigenvalue weighted by Crippen LogP contribution is 2.29. The molecule has 1 aromatic heterocycles. The van der Waals surface area contributed by atoms with E-state index >= 15 is 0 Å². The summed E-state index contributed by atoms with van der Waals surface area (Å²) in [6.07, 6.45) is -1.77. The second-order valence-corrected chi connectivity index (χ2v) is 5.90. The third-order valence-corrected chi connectivity index (χ3v) is 4.00. The van der Waals surface area contributed by atoms with Crippen molar-refractivity contribution in [2.24, 2.45) is 0 Å². The normalized spacial score (nSPS) is 11.1. The van der Waals surface area contributed by atoms with Gasteiger partial charge in [-0.25, -0.2) is 9.97 Å². The summed E-state index contributed by atoms with van der Waals surface area (Å²) in [6, 6.07) is 11.5. The fourth-order valence-corrected chi connectivity index (χ4v) is 2.44. The Morgan fingerprint density at radius 1 is 0.964 bits per heavy atom. The van der Waals surface area contributed by atoms with Crippen LogP contribution in [0.5, 0.6) is 5.75 Å². The molecule has 0 aliphatic carbocycles. The summed E-state index contributed by atoms with van der Waals surface area (Å²) in [5.74, 6) is 0.640. The highest BCUT2D eigenvalue weighted by atomic mass is 19.4. The van der Waals surface area contributed by atoms with Crippen LogP contribution in [-0.4, -0.2) is 22.9 Å². The number of benzene rings is 2. The van der Waals surface area contributed by atoms with Gasteiger partial charge in [0, 0.05) is 24.5 Å². The Bertz CT molecular complexity index is 938. The van der Waals surface area contributed by atoms with E-state index in [1.54, 1.807) is 7.11 Å². The van der Waals surface area contributed by atoms with E-state index in [0.717, 1.165) is 35.6 Å². The molecule has 3 aromatic rings. The van der Waals surface area contributed by atoms with Gasteiger partial charge >= 0.3 is 6.18 Å². The van der Waals surface area contributed by atoms with Gasteiger partial charge in [0.05, 0.1) is 18.2 Å². The van der Waals surface area contributed by atoms with Gasteiger partial charge < -0.3 is 10.1 Å². The molecule has 0 radical (unpaired) electrons. The summed E-state index contributed by atoms with van der Waals surface area (Å²) in [6.45, 7) is 0.482. The molecule has 0 atom stereocenters. The van der Waals surface area contributed by atoms with E-state index in [-0.39, 0.29) is 11.1 Å². The van der Waals surface area contributed by atoms with Gasteiger partial charge in [-0.2, -0.15) is 13.2 Å². The largest absolute Gasteiger partial charge is 0.497 e. The monoisotopic (exact) mass is 387 g/mol. The van der Waals surface area contributed by atoms with Crippen molar-refractivity contribution in [3.63, 3.8) is 0 Å². The van der Waals surface area contributed by atoms with E-state index in [1.807, 2.05) is 24.3 Å². The summed E-state index contributed by atoms with van der Waals surface area (Å²) in [5.41, 5.74) is 0.512. The van der Waals surface area contributed by atoms with E-state index in [1.165, 1.54) is 12.4 Å². The molecule has 0 aliphatic heterocycles. The second kappa shape index (κ2) is 8.08. The third kappa shape index (κ3) is 4.64. The average Bonchev–Trinajstić information content (AvgIpc) is 2.72. The van der Waals surface area contributed by atoms with Crippen molar-refractivity contribution >= 4 is 11.7 Å². The maximum atomic E-state index is 12.6. The van der Waals surface area contributed by atoms with E-state index < -0.39 is 17.5 Å². The van der Waals surface area contributed by atoms with Crippen LogP contribution in [0.25, 0.3) is 0 Å². The Morgan fingerprint density at radius 2 is 1.57 bits per heavy atom. The SMILES string of the molecule is COc1ccc(CNc2ncc(C(=O)c3ccc(C(F)(F)F)cc3)cn2)cc1. The van der Waals surface area contributed by atoms with Crippen molar-refractivity contribution in [1.82, 2.24) is 9.97 Å². The van der Waals surface area contributed by atoms with Crippen LogP contribution in [0.1, 0.15) is 27.0 Å². The minimum Gasteiger partial charge on any atom is -0.497 e. The quantitative estimate of drug-likeness (QED) is 0.637.